The van der Waals surface area contributed by atoms with Gasteiger partial charge >= 0.3 is 0 Å². The van der Waals surface area contributed by atoms with Gasteiger partial charge in [0.25, 0.3) is 0 Å². The lowest BCUT2D eigenvalue weighted by atomic mass is 10.4. The third-order valence-electron chi connectivity index (χ3n) is 1.71. The molecule has 0 aromatic carbocycles. The molecule has 0 unspecified atom stereocenters. The Labute approximate surface area is 74.6 Å². The van der Waals surface area contributed by atoms with Crippen molar-refractivity contribution < 1.29 is 9.11 Å². The van der Waals surface area contributed by atoms with E-state index in [4.69, 9.17) is 0 Å². The van der Waals surface area contributed by atoms with Crippen molar-refractivity contribution in [2.45, 2.75) is 26.2 Å². The van der Waals surface area contributed by atoms with Crippen LogP contribution in [0.3, 0.4) is 0 Å². The summed E-state index contributed by atoms with van der Waals surface area (Å²) < 4.78 is 19.1. The van der Waals surface area contributed by atoms with Gasteiger partial charge in [0.1, 0.15) is 5.04 Å². The Morgan fingerprint density at radius 3 is 2.83 bits per heavy atom. The van der Waals surface area contributed by atoms with Gasteiger partial charge in [0, 0.05) is 18.4 Å². The number of rotatable bonds is 2. The highest BCUT2D eigenvalue weighted by Crippen LogP contribution is 2.45. The summed E-state index contributed by atoms with van der Waals surface area (Å²) >= 11 is 0. The van der Waals surface area contributed by atoms with E-state index in [2.05, 4.69) is 4.99 Å². The van der Waals surface area contributed by atoms with Crippen molar-refractivity contribution in [2.75, 3.05) is 6.54 Å². The van der Waals surface area contributed by atoms with Crippen molar-refractivity contribution in [3.8, 4) is 0 Å². The minimum absolute atomic E-state index is 0.576. The van der Waals surface area contributed by atoms with Crippen LogP contribution < -0.4 is 0 Å². The molecule has 0 amide bonds. The van der Waals surface area contributed by atoms with Crippen LogP contribution in [-0.4, -0.2) is 20.7 Å². The molecule has 0 saturated heterocycles. The second-order valence-electron chi connectivity index (χ2n) is 2.75. The van der Waals surface area contributed by atoms with E-state index in [1.54, 1.807) is 6.08 Å². The highest BCUT2D eigenvalue weighted by atomic mass is 32.3. The van der Waals surface area contributed by atoms with E-state index in [1.165, 1.54) is 5.41 Å². The van der Waals surface area contributed by atoms with Gasteiger partial charge in [-0.3, -0.25) is 14.1 Å². The highest BCUT2D eigenvalue weighted by molar-refractivity contribution is 8.39. The van der Waals surface area contributed by atoms with Gasteiger partial charge in [0.05, 0.1) is 0 Å². The molecule has 0 atom stereocenters. The van der Waals surface area contributed by atoms with E-state index >= 15 is 0 Å². The molecule has 0 aromatic rings. The van der Waals surface area contributed by atoms with Gasteiger partial charge in [-0.1, -0.05) is 13.0 Å². The summed E-state index contributed by atoms with van der Waals surface area (Å²) in [5, 5.41) is 2.06. The molecular weight excluding hydrogens is 174 g/mol. The van der Waals surface area contributed by atoms with Gasteiger partial charge in [0.2, 0.25) is 0 Å². The van der Waals surface area contributed by atoms with Crippen LogP contribution in [0.15, 0.2) is 16.5 Å². The standard InChI is InChI=1S/C8H15NO2S/c1-2-3-7-12(10,11)8-5-4-6-9-8/h3,7,10-11H,2,4-6H2,1H3. The Morgan fingerprint density at radius 2 is 2.33 bits per heavy atom. The van der Waals surface area contributed by atoms with Crippen molar-refractivity contribution >= 4 is 15.6 Å². The number of allylic oxidation sites excluding steroid dienone is 1. The summed E-state index contributed by atoms with van der Waals surface area (Å²) in [4.78, 5) is 4.06. The number of aliphatic imine (C=N–C) groups is 1. The fraction of sp³-hybridized carbons (Fsp3) is 0.625. The van der Waals surface area contributed by atoms with E-state index in [-0.39, 0.29) is 0 Å². The summed E-state index contributed by atoms with van der Waals surface area (Å²) in [7, 11) is -2.65. The summed E-state index contributed by atoms with van der Waals surface area (Å²) in [6, 6.07) is 0. The predicted molar refractivity (Wildman–Crippen MR) is 53.8 cm³/mol. The van der Waals surface area contributed by atoms with Gasteiger partial charge in [-0.25, -0.2) is 0 Å². The maximum atomic E-state index is 9.57. The zero-order valence-corrected chi connectivity index (χ0v) is 8.05. The van der Waals surface area contributed by atoms with Gasteiger partial charge in [-0.2, -0.15) is 0 Å². The van der Waals surface area contributed by atoms with Crippen LogP contribution in [0, 0.1) is 0 Å². The Bertz CT molecular complexity index is 211. The topological polar surface area (TPSA) is 52.8 Å². The maximum Gasteiger partial charge on any atom is 0.122 e. The Hall–Kier alpha value is -0.320. The Kier molecular flexibility index (Phi) is 3.31. The zero-order chi connectivity index (χ0) is 9.03. The average molecular weight is 189 g/mol. The lowest BCUT2D eigenvalue weighted by Crippen LogP contribution is -2.05. The predicted octanol–water partition coefficient (Wildman–Crippen LogP) is 2.85. The van der Waals surface area contributed by atoms with Crippen LogP contribution in [0.5, 0.6) is 0 Å². The van der Waals surface area contributed by atoms with Crippen LogP contribution in [0.25, 0.3) is 0 Å². The monoisotopic (exact) mass is 189 g/mol. The van der Waals surface area contributed by atoms with Crippen LogP contribution in [0.2, 0.25) is 0 Å². The third kappa shape index (κ3) is 2.33. The van der Waals surface area contributed by atoms with Gasteiger partial charge in [0.15, 0.2) is 0 Å². The Balaban J connectivity index is 2.63. The van der Waals surface area contributed by atoms with E-state index in [1.807, 2.05) is 6.92 Å². The molecule has 1 aliphatic rings. The summed E-state index contributed by atoms with van der Waals surface area (Å²) in [5.74, 6) is 0. The molecular formula is C8H15NO2S. The molecule has 1 heterocycles. The molecule has 70 valence electrons. The second kappa shape index (κ2) is 4.07. The van der Waals surface area contributed by atoms with Crippen LogP contribution in [-0.2, 0) is 0 Å². The quantitative estimate of drug-likeness (QED) is 0.701. The van der Waals surface area contributed by atoms with Crippen LogP contribution in [0.4, 0.5) is 0 Å². The molecule has 0 fully saturated rings. The lowest BCUT2D eigenvalue weighted by Gasteiger charge is -2.27. The molecule has 0 radical (unpaired) electrons. The highest BCUT2D eigenvalue weighted by Gasteiger charge is 2.19. The minimum atomic E-state index is -2.65. The van der Waals surface area contributed by atoms with Gasteiger partial charge in [-0.15, -0.1) is 10.6 Å². The van der Waals surface area contributed by atoms with Gasteiger partial charge < -0.3 is 0 Å². The van der Waals surface area contributed by atoms with Crippen molar-refractivity contribution in [3.05, 3.63) is 11.5 Å². The molecule has 12 heavy (non-hydrogen) atoms. The van der Waals surface area contributed by atoms with E-state index in [0.29, 0.717) is 5.04 Å². The largest absolute Gasteiger partial charge is 0.290 e. The van der Waals surface area contributed by atoms with Gasteiger partial charge in [-0.05, 0) is 12.8 Å². The third-order valence-corrected chi connectivity index (χ3v) is 3.30. The Morgan fingerprint density at radius 1 is 1.58 bits per heavy atom. The molecule has 0 bridgehead atoms. The first kappa shape index (κ1) is 9.77. The van der Waals surface area contributed by atoms with Crippen molar-refractivity contribution in [2.24, 2.45) is 4.99 Å². The number of hydrogen-bond acceptors (Lipinski definition) is 3. The molecule has 2 N–H and O–H groups in total. The molecule has 0 spiro atoms. The molecule has 3 nitrogen and oxygen atoms in total. The fourth-order valence-corrected chi connectivity index (χ4v) is 2.41. The van der Waals surface area contributed by atoms with Crippen molar-refractivity contribution in [3.63, 3.8) is 0 Å². The normalized spacial score (nSPS) is 20.1. The molecule has 1 rings (SSSR count). The fourth-order valence-electron chi connectivity index (χ4n) is 1.07. The molecule has 4 heteroatoms. The van der Waals surface area contributed by atoms with Crippen LogP contribution in [0.1, 0.15) is 26.2 Å². The molecule has 0 aromatic heterocycles. The lowest BCUT2D eigenvalue weighted by molar-refractivity contribution is 0.514. The maximum absolute atomic E-state index is 9.57. The minimum Gasteiger partial charge on any atom is -0.290 e. The second-order valence-corrected chi connectivity index (χ2v) is 4.68. The number of hydrogen-bond donors (Lipinski definition) is 2. The SMILES string of the molecule is CCC=CS(O)(O)C1=NCCC1. The van der Waals surface area contributed by atoms with E-state index < -0.39 is 10.6 Å². The first-order valence-corrected chi connectivity index (χ1v) is 5.76. The average Bonchev–Trinajstić information content (AvgIpc) is 2.53. The molecule has 0 saturated carbocycles. The van der Waals surface area contributed by atoms with Crippen molar-refractivity contribution in [1.29, 1.82) is 0 Å². The smallest absolute Gasteiger partial charge is 0.122 e. The van der Waals surface area contributed by atoms with E-state index in [9.17, 15) is 9.11 Å². The number of nitrogens with zero attached hydrogens (tertiary/aromatic N) is 1. The summed E-state index contributed by atoms with van der Waals surface area (Å²) in [6.07, 6.45) is 4.28. The zero-order valence-electron chi connectivity index (χ0n) is 7.23. The molecule has 0 aliphatic carbocycles. The summed E-state index contributed by atoms with van der Waals surface area (Å²) in [6.45, 7) is 2.70. The van der Waals surface area contributed by atoms with Crippen molar-refractivity contribution in [1.82, 2.24) is 0 Å². The molecule has 1 aliphatic heterocycles. The summed E-state index contributed by atoms with van der Waals surface area (Å²) in [5.41, 5.74) is 0. The first-order chi connectivity index (χ1) is 5.67. The van der Waals surface area contributed by atoms with E-state index in [0.717, 1.165) is 25.8 Å². The van der Waals surface area contributed by atoms with Crippen LogP contribution >= 0.6 is 10.6 Å². The first-order valence-electron chi connectivity index (χ1n) is 4.15.